The zero-order valence-electron chi connectivity index (χ0n) is 24.5. The van der Waals surface area contributed by atoms with Crippen LogP contribution in [0.5, 0.6) is 0 Å². The van der Waals surface area contributed by atoms with Gasteiger partial charge in [-0.3, -0.25) is 4.98 Å². The number of pyridine rings is 1. The summed E-state index contributed by atoms with van der Waals surface area (Å²) in [4.78, 5) is 41.6. The summed E-state index contributed by atoms with van der Waals surface area (Å²) in [6.45, 7) is 1.97. The van der Waals surface area contributed by atoms with E-state index in [0.717, 1.165) is 12.8 Å². The number of hydrogen-bond donors (Lipinski definition) is 1. The Labute approximate surface area is 257 Å². The fourth-order valence-corrected chi connectivity index (χ4v) is 5.21. The molecule has 4 rings (SSSR count). The van der Waals surface area contributed by atoms with E-state index in [9.17, 15) is 31.9 Å². The van der Waals surface area contributed by atoms with Crippen molar-refractivity contribution >= 4 is 18.0 Å². The molecule has 2 aromatic carbocycles. The number of hydrogen-bond acceptors (Lipinski definition) is 7. The minimum absolute atomic E-state index is 0.0854. The molecule has 0 bridgehead atoms. The summed E-state index contributed by atoms with van der Waals surface area (Å²) in [6.07, 6.45) is -1.41. The van der Waals surface area contributed by atoms with Gasteiger partial charge in [0.05, 0.1) is 36.7 Å². The smallest absolute Gasteiger partial charge is 0.383 e. The fraction of sp³-hybridized carbons (Fsp3) is 0.375. The zero-order valence-corrected chi connectivity index (χ0v) is 24.5. The number of amides is 2. The number of benzene rings is 2. The summed E-state index contributed by atoms with van der Waals surface area (Å²) < 4.78 is 67.8. The lowest BCUT2D eigenvalue weighted by Crippen LogP contribution is -2.39. The third-order valence-electron chi connectivity index (χ3n) is 7.41. The summed E-state index contributed by atoms with van der Waals surface area (Å²) in [7, 11) is 0. The highest BCUT2D eigenvalue weighted by atomic mass is 19.4. The number of nitrogens with two attached hydrogens (primary N) is 1. The monoisotopic (exact) mass is 631 g/mol. The van der Waals surface area contributed by atoms with Crippen LogP contribution in [0.2, 0.25) is 0 Å². The number of aryl methyl sites for hydroxylation is 1. The van der Waals surface area contributed by atoms with Gasteiger partial charge in [0.2, 0.25) is 0 Å². The third-order valence-corrected chi connectivity index (χ3v) is 7.41. The maximum atomic E-state index is 13.8. The van der Waals surface area contributed by atoms with E-state index in [1.807, 2.05) is 0 Å². The van der Waals surface area contributed by atoms with Gasteiger partial charge in [0.1, 0.15) is 5.82 Å². The number of nitrogens with zero attached hydrogens (tertiary/aromatic N) is 2. The topological polar surface area (TPSA) is 121 Å². The molecule has 13 heteroatoms. The Morgan fingerprint density at radius 3 is 2.42 bits per heavy atom. The van der Waals surface area contributed by atoms with Crippen molar-refractivity contribution in [3.05, 3.63) is 88.9 Å². The Hall–Kier alpha value is -4.36. The lowest BCUT2D eigenvalue weighted by molar-refractivity contribution is -0.193. The molecule has 0 saturated heterocycles. The Bertz CT molecular complexity index is 1520. The maximum absolute atomic E-state index is 13.8. The molecule has 1 aliphatic carbocycles. The van der Waals surface area contributed by atoms with E-state index < -0.39 is 30.0 Å². The molecule has 3 aromatic rings. The number of esters is 2. The van der Waals surface area contributed by atoms with Gasteiger partial charge < -0.3 is 24.8 Å². The predicted octanol–water partition coefficient (Wildman–Crippen LogP) is 5.87. The van der Waals surface area contributed by atoms with Crippen LogP contribution in [0.3, 0.4) is 0 Å². The molecule has 2 unspecified atom stereocenters. The average molecular weight is 632 g/mol. The highest BCUT2D eigenvalue weighted by Crippen LogP contribution is 2.27. The molecule has 1 aromatic heterocycles. The SMILES string of the molecule is Cc1cccc(COC2CCCC(OCCN(Cc3cccnc3-c3cccc(F)c3)C(N)=O)C2)c1C(=O)OC(=O)C(F)(F)F. The van der Waals surface area contributed by atoms with Crippen molar-refractivity contribution in [2.45, 2.75) is 64.1 Å². The molecule has 240 valence electrons. The van der Waals surface area contributed by atoms with Gasteiger partial charge in [0, 0.05) is 24.8 Å². The van der Waals surface area contributed by atoms with E-state index in [1.165, 1.54) is 36.1 Å². The fourth-order valence-electron chi connectivity index (χ4n) is 5.21. The second kappa shape index (κ2) is 15.1. The highest BCUT2D eigenvalue weighted by molar-refractivity contribution is 6.00. The molecular weight excluding hydrogens is 598 g/mol. The van der Waals surface area contributed by atoms with Gasteiger partial charge in [-0.25, -0.2) is 18.8 Å². The summed E-state index contributed by atoms with van der Waals surface area (Å²) in [5, 5.41) is 0. The molecule has 9 nitrogen and oxygen atoms in total. The van der Waals surface area contributed by atoms with Gasteiger partial charge in [-0.15, -0.1) is 0 Å². The molecule has 0 radical (unpaired) electrons. The van der Waals surface area contributed by atoms with Crippen molar-refractivity contribution in [1.82, 2.24) is 9.88 Å². The second-order valence-corrected chi connectivity index (χ2v) is 10.7. The number of halogens is 4. The molecule has 1 fully saturated rings. The second-order valence-electron chi connectivity index (χ2n) is 10.7. The van der Waals surface area contributed by atoms with E-state index in [-0.39, 0.29) is 44.1 Å². The lowest BCUT2D eigenvalue weighted by Gasteiger charge is -2.30. The Morgan fingerprint density at radius 2 is 1.71 bits per heavy atom. The van der Waals surface area contributed by atoms with Gasteiger partial charge in [-0.1, -0.05) is 36.4 Å². The first kappa shape index (κ1) is 33.5. The quantitative estimate of drug-likeness (QED) is 0.160. The van der Waals surface area contributed by atoms with E-state index in [2.05, 4.69) is 9.72 Å². The van der Waals surface area contributed by atoms with Crippen molar-refractivity contribution in [3.63, 3.8) is 0 Å². The Kier molecular flexibility index (Phi) is 11.2. The van der Waals surface area contributed by atoms with Gasteiger partial charge in [0.25, 0.3) is 0 Å². The molecule has 1 heterocycles. The van der Waals surface area contributed by atoms with Crippen molar-refractivity contribution < 1.29 is 46.2 Å². The van der Waals surface area contributed by atoms with Gasteiger partial charge in [0.15, 0.2) is 0 Å². The van der Waals surface area contributed by atoms with E-state index in [1.54, 1.807) is 36.5 Å². The van der Waals surface area contributed by atoms with Crippen LogP contribution in [0.15, 0.2) is 60.8 Å². The van der Waals surface area contributed by atoms with Crippen LogP contribution < -0.4 is 5.73 Å². The first-order valence-electron chi connectivity index (χ1n) is 14.3. The molecule has 1 aliphatic rings. The Morgan fingerprint density at radius 1 is 1.00 bits per heavy atom. The molecule has 1 saturated carbocycles. The number of carbonyl (C=O) groups is 3. The molecule has 2 atom stereocenters. The molecule has 45 heavy (non-hydrogen) atoms. The average Bonchev–Trinajstić information content (AvgIpc) is 2.99. The molecule has 2 amide bonds. The lowest BCUT2D eigenvalue weighted by atomic mass is 9.94. The standard InChI is InChI=1S/C32H33F4N3O6/c1-20-6-2-8-23(27(20)29(40)45-30(41)32(34,35)36)19-44-26-12-4-11-25(17-26)43-15-14-39(31(37)42)18-22-9-5-13-38-28(22)21-7-3-10-24(33)16-21/h2-3,5-10,13,16,25-26H,4,11-12,14-15,17-19H2,1H3,(H2,37,42). The third kappa shape index (κ3) is 9.32. The summed E-state index contributed by atoms with van der Waals surface area (Å²) in [5.41, 5.74) is 7.93. The summed E-state index contributed by atoms with van der Waals surface area (Å²) in [6, 6.07) is 13.6. The van der Waals surface area contributed by atoms with Crippen LogP contribution in [0.1, 0.15) is 52.7 Å². The maximum Gasteiger partial charge on any atom is 0.491 e. The summed E-state index contributed by atoms with van der Waals surface area (Å²) >= 11 is 0. The van der Waals surface area contributed by atoms with E-state index in [4.69, 9.17) is 15.2 Å². The number of alkyl halides is 3. The molecule has 2 N–H and O–H groups in total. The molecule has 0 aliphatic heterocycles. The van der Waals surface area contributed by atoms with Crippen molar-refractivity contribution in [3.8, 4) is 11.3 Å². The van der Waals surface area contributed by atoms with E-state index in [0.29, 0.717) is 40.8 Å². The first-order valence-corrected chi connectivity index (χ1v) is 14.3. The van der Waals surface area contributed by atoms with Gasteiger partial charge >= 0.3 is 24.1 Å². The van der Waals surface area contributed by atoms with Crippen LogP contribution >= 0.6 is 0 Å². The number of urea groups is 1. The van der Waals surface area contributed by atoms with Crippen LogP contribution in [0, 0.1) is 12.7 Å². The van der Waals surface area contributed by atoms with Gasteiger partial charge in [-0.2, -0.15) is 13.2 Å². The van der Waals surface area contributed by atoms with E-state index >= 15 is 0 Å². The largest absolute Gasteiger partial charge is 0.491 e. The normalized spacial score (nSPS) is 16.6. The first-order chi connectivity index (χ1) is 21.4. The minimum Gasteiger partial charge on any atom is -0.383 e. The van der Waals surface area contributed by atoms with Crippen LogP contribution in [-0.2, 0) is 32.2 Å². The number of ether oxygens (including phenoxy) is 3. The molecular formula is C32H33F4N3O6. The van der Waals surface area contributed by atoms with Crippen LogP contribution in [0.4, 0.5) is 22.4 Å². The minimum atomic E-state index is -5.30. The van der Waals surface area contributed by atoms with Crippen molar-refractivity contribution in [2.75, 3.05) is 13.2 Å². The number of aromatic nitrogens is 1. The number of carbonyl (C=O) groups excluding carboxylic acids is 3. The van der Waals surface area contributed by atoms with Crippen LogP contribution in [-0.4, -0.2) is 59.4 Å². The number of primary amides is 1. The zero-order chi connectivity index (χ0) is 32.6. The predicted molar refractivity (Wildman–Crippen MR) is 154 cm³/mol. The molecule has 0 spiro atoms. The Balaban J connectivity index is 1.31. The van der Waals surface area contributed by atoms with Crippen LogP contribution in [0.25, 0.3) is 11.3 Å². The van der Waals surface area contributed by atoms with Crippen molar-refractivity contribution in [2.24, 2.45) is 5.73 Å². The van der Waals surface area contributed by atoms with Crippen molar-refractivity contribution in [1.29, 1.82) is 0 Å². The summed E-state index contributed by atoms with van der Waals surface area (Å²) in [5.74, 6) is -4.39. The number of rotatable bonds is 11. The van der Waals surface area contributed by atoms with Gasteiger partial charge in [-0.05, 0) is 67.5 Å². The highest BCUT2D eigenvalue weighted by Gasteiger charge is 2.43.